The number of carbonyl (C=O) groups is 3. The molecule has 59 heavy (non-hydrogen) atoms. The number of thioether (sulfide) groups is 1. The summed E-state index contributed by atoms with van der Waals surface area (Å²) in [4.78, 5) is 42.8. The van der Waals surface area contributed by atoms with Crippen LogP contribution in [-0.4, -0.2) is 108 Å². The van der Waals surface area contributed by atoms with Crippen LogP contribution < -0.4 is 15.4 Å². The number of nitrogens with one attached hydrogen (secondary N) is 2. The molecule has 1 saturated heterocycles. The van der Waals surface area contributed by atoms with Crippen molar-refractivity contribution in [3.63, 3.8) is 0 Å². The molecule has 4 heterocycles. The molecule has 2 aromatic heterocycles. The van der Waals surface area contributed by atoms with Gasteiger partial charge in [0.15, 0.2) is 0 Å². The van der Waals surface area contributed by atoms with Crippen LogP contribution in [0.15, 0.2) is 36.4 Å². The highest BCUT2D eigenvalue weighted by Crippen LogP contribution is 2.55. The van der Waals surface area contributed by atoms with Crippen LogP contribution >= 0.6 is 11.8 Å². The molecule has 1 aromatic carbocycles. The number of anilines is 1. The molecule has 1 amide bonds. The number of aliphatic carboxylic acids is 1. The number of fused-ring (bicyclic) bond motifs is 1. The second kappa shape index (κ2) is 22.0. The minimum Gasteiger partial charge on any atom is -0.491 e. The highest BCUT2D eigenvalue weighted by Gasteiger charge is 2.50. The molecule has 0 bridgehead atoms. The first-order chi connectivity index (χ1) is 28.6. The summed E-state index contributed by atoms with van der Waals surface area (Å²) in [5.74, 6) is 2.36. The molecular weight excluding hydrogens is 769 g/mol. The number of pyridine rings is 1. The number of aromatic nitrogens is 3. The highest BCUT2D eigenvalue weighted by atomic mass is 32.2. The molecule has 2 unspecified atom stereocenters. The zero-order valence-corrected chi connectivity index (χ0v) is 36.1. The van der Waals surface area contributed by atoms with Gasteiger partial charge in [-0.3, -0.25) is 14.5 Å². The van der Waals surface area contributed by atoms with Gasteiger partial charge in [-0.25, -0.2) is 9.67 Å². The Kier molecular flexibility index (Phi) is 16.6. The summed E-state index contributed by atoms with van der Waals surface area (Å²) >= 11 is 1.70. The van der Waals surface area contributed by atoms with Crippen molar-refractivity contribution < 1.29 is 33.7 Å². The zero-order valence-electron chi connectivity index (χ0n) is 35.3. The van der Waals surface area contributed by atoms with Gasteiger partial charge in [0.2, 0.25) is 5.91 Å². The molecule has 2 aliphatic heterocycles. The SMILES string of the molecule is CC(=O)CCCCCNC(=O)COCCOCCOc1cc([C@H](CC(=O)O)SCN2CCC3(CCC3CCc3ccc4c(n3)NCCC4)C2)cc(-n2nc(C)cc2C)c1. The number of carbonyl (C=O) groups excluding carboxylic acids is 2. The third-order valence-electron chi connectivity index (χ3n) is 12.0. The minimum atomic E-state index is -0.835. The van der Waals surface area contributed by atoms with Crippen LogP contribution in [0.25, 0.3) is 5.69 Å². The van der Waals surface area contributed by atoms with Gasteiger partial charge in [0.05, 0.1) is 37.6 Å². The van der Waals surface area contributed by atoms with E-state index >= 15 is 0 Å². The van der Waals surface area contributed by atoms with Crippen molar-refractivity contribution in [1.29, 1.82) is 0 Å². The maximum absolute atomic E-state index is 12.3. The van der Waals surface area contributed by atoms with Gasteiger partial charge < -0.3 is 34.7 Å². The van der Waals surface area contributed by atoms with Crippen LogP contribution in [0.5, 0.6) is 5.75 Å². The Bertz CT molecular complexity index is 1870. The van der Waals surface area contributed by atoms with Crippen molar-refractivity contribution in [3.05, 3.63) is 64.6 Å². The topological polar surface area (TPSA) is 157 Å². The molecule has 13 nitrogen and oxygen atoms in total. The summed E-state index contributed by atoms with van der Waals surface area (Å²) in [6.07, 6.45) is 11.4. The Morgan fingerprint density at radius 2 is 1.90 bits per heavy atom. The van der Waals surface area contributed by atoms with Crippen LogP contribution in [-0.2, 0) is 36.7 Å². The summed E-state index contributed by atoms with van der Waals surface area (Å²) in [5, 5.41) is 20.8. The fourth-order valence-electron chi connectivity index (χ4n) is 8.74. The lowest BCUT2D eigenvalue weighted by Crippen LogP contribution is -2.42. The number of amides is 1. The molecule has 3 atom stereocenters. The molecule has 1 aliphatic carbocycles. The zero-order chi connectivity index (χ0) is 41.6. The summed E-state index contributed by atoms with van der Waals surface area (Å²) in [5.41, 5.74) is 6.47. The molecule has 2 fully saturated rings. The molecule has 3 aliphatic rings. The maximum atomic E-state index is 12.3. The van der Waals surface area contributed by atoms with Crippen LogP contribution in [0.2, 0.25) is 0 Å². The Balaban J connectivity index is 0.981. The molecule has 3 N–H and O–H groups in total. The van der Waals surface area contributed by atoms with E-state index in [1.54, 1.807) is 18.7 Å². The number of benzene rings is 1. The minimum absolute atomic E-state index is 0.00280. The molecule has 1 spiro atoms. The Hall–Kier alpha value is -3.98. The number of ketones is 1. The lowest BCUT2D eigenvalue weighted by atomic mass is 9.58. The van der Waals surface area contributed by atoms with Crippen molar-refractivity contribution in [1.82, 2.24) is 25.0 Å². The summed E-state index contributed by atoms with van der Waals surface area (Å²) in [6, 6.07) is 12.4. The molecule has 1 saturated carbocycles. The smallest absolute Gasteiger partial charge is 0.304 e. The van der Waals surface area contributed by atoms with E-state index in [0.717, 1.165) is 86.1 Å². The average molecular weight is 833 g/mol. The van der Waals surface area contributed by atoms with Crippen molar-refractivity contribution in [2.24, 2.45) is 11.3 Å². The second-order valence-corrected chi connectivity index (χ2v) is 17.8. The van der Waals surface area contributed by atoms with Gasteiger partial charge in [0, 0.05) is 54.6 Å². The third kappa shape index (κ3) is 13.3. The van der Waals surface area contributed by atoms with E-state index in [9.17, 15) is 19.5 Å². The largest absolute Gasteiger partial charge is 0.491 e. The molecule has 14 heteroatoms. The summed E-state index contributed by atoms with van der Waals surface area (Å²) in [7, 11) is 0. The van der Waals surface area contributed by atoms with Crippen LogP contribution in [0.3, 0.4) is 0 Å². The Labute approximate surface area is 353 Å². The predicted octanol–water partition coefficient (Wildman–Crippen LogP) is 6.86. The summed E-state index contributed by atoms with van der Waals surface area (Å²) < 4.78 is 19.3. The average Bonchev–Trinajstić information content (AvgIpc) is 3.81. The van der Waals surface area contributed by atoms with Gasteiger partial charge in [-0.15, -0.1) is 11.8 Å². The number of ether oxygens (including phenoxy) is 3. The number of aryl methyl sites for hydroxylation is 4. The number of hydrogen-bond acceptors (Lipinski definition) is 11. The first-order valence-electron chi connectivity index (χ1n) is 21.6. The normalized spacial score (nSPS) is 19.2. The standard InChI is InChI=1S/C45H64N6O7S/c1-32-24-33(2)51(49-32)39-25-36(26-40(27-39)58-23-22-56-20-21-57-29-42(53)46-17-6-4-5-8-34(3)52)41(28-43(54)55)59-31-50-19-16-45(30-50)15-14-37(45)11-13-38-12-10-35-9-7-18-47-44(35)48-38/h10,12,24-27,37,41H,4-9,11,13-23,28-31H2,1-3H3,(H,46,53)(H,47,48)(H,54,55)/t37?,41-,45?/m0/s1. The van der Waals surface area contributed by atoms with Crippen molar-refractivity contribution in [2.45, 2.75) is 103 Å². The first kappa shape index (κ1) is 44.6. The monoisotopic (exact) mass is 832 g/mol. The molecule has 0 radical (unpaired) electrons. The van der Waals surface area contributed by atoms with Crippen LogP contribution in [0.4, 0.5) is 5.82 Å². The van der Waals surface area contributed by atoms with Gasteiger partial charge >= 0.3 is 5.97 Å². The van der Waals surface area contributed by atoms with Crippen molar-refractivity contribution in [3.8, 4) is 11.4 Å². The molecule has 322 valence electrons. The third-order valence-corrected chi connectivity index (χ3v) is 13.4. The van der Waals surface area contributed by atoms with Crippen molar-refractivity contribution >= 4 is 35.2 Å². The van der Waals surface area contributed by atoms with Crippen LogP contribution in [0.1, 0.15) is 105 Å². The fourth-order valence-corrected chi connectivity index (χ4v) is 9.94. The predicted molar refractivity (Wildman–Crippen MR) is 230 cm³/mol. The number of rotatable bonds is 25. The quantitative estimate of drug-likeness (QED) is 0.0764. The van der Waals surface area contributed by atoms with Gasteiger partial charge in [0.1, 0.15) is 30.6 Å². The number of nitrogens with zero attached hydrogens (tertiary/aromatic N) is 4. The van der Waals surface area contributed by atoms with E-state index in [2.05, 4.69) is 27.7 Å². The molecule has 3 aromatic rings. The van der Waals surface area contributed by atoms with E-state index in [0.29, 0.717) is 43.3 Å². The maximum Gasteiger partial charge on any atom is 0.304 e. The molecule has 6 rings (SSSR count). The summed E-state index contributed by atoms with van der Waals surface area (Å²) in [6.45, 7) is 10.4. The number of unbranched alkanes of at least 4 members (excludes halogenated alkanes) is 2. The Morgan fingerprint density at radius 3 is 2.68 bits per heavy atom. The van der Waals surface area contributed by atoms with E-state index in [-0.39, 0.29) is 43.2 Å². The Morgan fingerprint density at radius 1 is 1.05 bits per heavy atom. The van der Waals surface area contributed by atoms with Gasteiger partial charge in [-0.05, 0) is 132 Å². The lowest BCUT2D eigenvalue weighted by Gasteiger charge is -2.47. The number of Topliss-reactive ketones (excluding diaryl/α,β-unsaturated/α-hetero) is 1. The number of carboxylic acid groups (broad SMARTS) is 1. The van der Waals surface area contributed by atoms with Crippen molar-refractivity contribution in [2.75, 3.05) is 70.4 Å². The van der Waals surface area contributed by atoms with Crippen LogP contribution in [0, 0.1) is 25.2 Å². The number of hydrogen-bond donors (Lipinski definition) is 3. The van der Waals surface area contributed by atoms with E-state index in [1.807, 2.05) is 42.8 Å². The fraction of sp³-hybridized carbons (Fsp3) is 0.622. The number of likely N-dealkylation sites (tertiary alicyclic amines) is 1. The van der Waals surface area contributed by atoms with E-state index in [1.165, 1.54) is 43.4 Å². The van der Waals surface area contributed by atoms with E-state index < -0.39 is 5.97 Å². The van der Waals surface area contributed by atoms with Gasteiger partial charge in [-0.1, -0.05) is 12.5 Å². The van der Waals surface area contributed by atoms with Gasteiger partial charge in [0.25, 0.3) is 0 Å². The van der Waals surface area contributed by atoms with E-state index in [4.69, 9.17) is 24.3 Å². The molecular formula is C45H64N6O7S. The highest BCUT2D eigenvalue weighted by molar-refractivity contribution is 7.99. The first-order valence-corrected chi connectivity index (χ1v) is 22.6. The second-order valence-electron chi connectivity index (χ2n) is 16.6. The number of carboxylic acids is 1. The lowest BCUT2D eigenvalue weighted by molar-refractivity contribution is -0.137. The van der Waals surface area contributed by atoms with Gasteiger partial charge in [-0.2, -0.15) is 5.10 Å².